The molecule has 1 aliphatic rings. The summed E-state index contributed by atoms with van der Waals surface area (Å²) in [5.41, 5.74) is 5.53. The van der Waals surface area contributed by atoms with Crippen LogP contribution < -0.4 is 5.73 Å². The number of rotatable bonds is 7. The average Bonchev–Trinajstić information content (AvgIpc) is 2.72. The van der Waals surface area contributed by atoms with Crippen LogP contribution in [-0.2, 0) is 4.74 Å². The monoisotopic (exact) mass is 216 g/mol. The first-order valence-electron chi connectivity index (χ1n) is 5.89. The Morgan fingerprint density at radius 1 is 1.60 bits per heavy atom. The van der Waals surface area contributed by atoms with E-state index in [1.807, 2.05) is 0 Å². The minimum Gasteiger partial charge on any atom is -0.395 e. The summed E-state index contributed by atoms with van der Waals surface area (Å²) >= 11 is 0. The van der Waals surface area contributed by atoms with Crippen molar-refractivity contribution in [1.29, 1.82) is 0 Å². The lowest BCUT2D eigenvalue weighted by molar-refractivity contribution is 0.0564. The molecular weight excluding hydrogens is 192 g/mol. The molecule has 90 valence electrons. The molecule has 2 unspecified atom stereocenters. The normalized spacial score (nSPS) is 24.6. The molecule has 0 bridgehead atoms. The maximum Gasteiger partial charge on any atom is 0.0618 e. The molecular formula is C11H24N2O2. The third kappa shape index (κ3) is 3.72. The number of aliphatic hydroxyl groups excluding tert-OH is 1. The Labute approximate surface area is 92.4 Å². The number of ether oxygens (including phenoxy) is 1. The van der Waals surface area contributed by atoms with E-state index in [1.165, 1.54) is 6.42 Å². The van der Waals surface area contributed by atoms with E-state index in [4.69, 9.17) is 10.5 Å². The van der Waals surface area contributed by atoms with Crippen molar-refractivity contribution in [3.63, 3.8) is 0 Å². The first kappa shape index (κ1) is 12.9. The molecule has 2 atom stereocenters. The van der Waals surface area contributed by atoms with E-state index in [0.717, 1.165) is 39.0 Å². The Bertz CT molecular complexity index is 167. The Kier molecular flexibility index (Phi) is 6.17. The SMILES string of the molecule is COCC(CCCN)N1CCCC1CO. The lowest BCUT2D eigenvalue weighted by Gasteiger charge is -2.31. The molecule has 1 saturated heterocycles. The zero-order chi connectivity index (χ0) is 11.1. The van der Waals surface area contributed by atoms with Crippen LogP contribution in [0.3, 0.4) is 0 Å². The fraction of sp³-hybridized carbons (Fsp3) is 1.00. The van der Waals surface area contributed by atoms with Crippen LogP contribution in [0.25, 0.3) is 0 Å². The molecule has 0 radical (unpaired) electrons. The Morgan fingerprint density at radius 2 is 2.40 bits per heavy atom. The van der Waals surface area contributed by atoms with E-state index in [1.54, 1.807) is 7.11 Å². The van der Waals surface area contributed by atoms with Crippen LogP contribution in [0, 0.1) is 0 Å². The summed E-state index contributed by atoms with van der Waals surface area (Å²) in [5, 5.41) is 9.27. The summed E-state index contributed by atoms with van der Waals surface area (Å²) < 4.78 is 5.24. The van der Waals surface area contributed by atoms with Gasteiger partial charge in [-0.15, -0.1) is 0 Å². The summed E-state index contributed by atoms with van der Waals surface area (Å²) in [6.07, 6.45) is 4.40. The second-order valence-corrected chi connectivity index (χ2v) is 4.26. The van der Waals surface area contributed by atoms with Crippen LogP contribution in [-0.4, -0.2) is 55.5 Å². The Morgan fingerprint density at radius 3 is 3.00 bits per heavy atom. The molecule has 4 heteroatoms. The first-order chi connectivity index (χ1) is 7.33. The van der Waals surface area contributed by atoms with E-state index >= 15 is 0 Å². The third-order valence-electron chi connectivity index (χ3n) is 3.20. The van der Waals surface area contributed by atoms with E-state index < -0.39 is 0 Å². The second-order valence-electron chi connectivity index (χ2n) is 4.26. The number of likely N-dealkylation sites (tertiary alicyclic amines) is 1. The molecule has 0 aromatic heterocycles. The zero-order valence-corrected chi connectivity index (χ0v) is 9.69. The van der Waals surface area contributed by atoms with E-state index in [9.17, 15) is 5.11 Å². The third-order valence-corrected chi connectivity index (χ3v) is 3.20. The van der Waals surface area contributed by atoms with Gasteiger partial charge in [-0.05, 0) is 38.8 Å². The van der Waals surface area contributed by atoms with Gasteiger partial charge in [0.1, 0.15) is 0 Å². The quantitative estimate of drug-likeness (QED) is 0.638. The lowest BCUT2D eigenvalue weighted by Crippen LogP contribution is -2.43. The van der Waals surface area contributed by atoms with Gasteiger partial charge in [-0.2, -0.15) is 0 Å². The van der Waals surface area contributed by atoms with Gasteiger partial charge < -0.3 is 15.6 Å². The van der Waals surface area contributed by atoms with Gasteiger partial charge in [0, 0.05) is 19.2 Å². The Hall–Kier alpha value is -0.160. The van der Waals surface area contributed by atoms with Gasteiger partial charge in [-0.3, -0.25) is 4.90 Å². The molecule has 0 spiro atoms. The van der Waals surface area contributed by atoms with Gasteiger partial charge in [0.05, 0.1) is 13.2 Å². The summed E-state index contributed by atoms with van der Waals surface area (Å²) in [4.78, 5) is 2.39. The van der Waals surface area contributed by atoms with Crippen molar-refractivity contribution < 1.29 is 9.84 Å². The molecule has 1 heterocycles. The molecule has 3 N–H and O–H groups in total. The van der Waals surface area contributed by atoms with Crippen LogP contribution in [0.5, 0.6) is 0 Å². The van der Waals surface area contributed by atoms with Crippen molar-refractivity contribution >= 4 is 0 Å². The summed E-state index contributed by atoms with van der Waals surface area (Å²) in [6.45, 7) is 2.83. The maximum atomic E-state index is 9.27. The Balaban J connectivity index is 2.45. The minimum absolute atomic E-state index is 0.267. The van der Waals surface area contributed by atoms with Crippen molar-refractivity contribution in [1.82, 2.24) is 4.90 Å². The molecule has 1 fully saturated rings. The van der Waals surface area contributed by atoms with Crippen LogP contribution in [0.2, 0.25) is 0 Å². The number of hydrogen-bond acceptors (Lipinski definition) is 4. The van der Waals surface area contributed by atoms with Crippen LogP contribution >= 0.6 is 0 Å². The molecule has 0 aromatic rings. The van der Waals surface area contributed by atoms with Crippen LogP contribution in [0.15, 0.2) is 0 Å². The van der Waals surface area contributed by atoms with E-state index in [-0.39, 0.29) is 6.61 Å². The fourth-order valence-corrected chi connectivity index (χ4v) is 2.43. The summed E-state index contributed by atoms with van der Waals surface area (Å²) in [6, 6.07) is 0.765. The van der Waals surface area contributed by atoms with Crippen molar-refractivity contribution in [2.24, 2.45) is 5.73 Å². The van der Waals surface area contributed by atoms with Gasteiger partial charge in [-0.1, -0.05) is 0 Å². The van der Waals surface area contributed by atoms with Gasteiger partial charge in [0.15, 0.2) is 0 Å². The highest BCUT2D eigenvalue weighted by Gasteiger charge is 2.29. The van der Waals surface area contributed by atoms with Crippen molar-refractivity contribution in [3.05, 3.63) is 0 Å². The van der Waals surface area contributed by atoms with Gasteiger partial charge in [0.2, 0.25) is 0 Å². The molecule has 1 rings (SSSR count). The number of aliphatic hydroxyl groups is 1. The zero-order valence-electron chi connectivity index (χ0n) is 9.69. The molecule has 0 aliphatic carbocycles. The maximum absolute atomic E-state index is 9.27. The lowest BCUT2D eigenvalue weighted by atomic mass is 10.1. The molecule has 0 aromatic carbocycles. The predicted octanol–water partition coefficient (Wildman–Crippen LogP) is 0.197. The highest BCUT2D eigenvalue weighted by Crippen LogP contribution is 2.22. The van der Waals surface area contributed by atoms with Gasteiger partial charge >= 0.3 is 0 Å². The van der Waals surface area contributed by atoms with Gasteiger partial charge in [0.25, 0.3) is 0 Å². The predicted molar refractivity (Wildman–Crippen MR) is 60.8 cm³/mol. The fourth-order valence-electron chi connectivity index (χ4n) is 2.43. The minimum atomic E-state index is 0.267. The largest absolute Gasteiger partial charge is 0.395 e. The highest BCUT2D eigenvalue weighted by atomic mass is 16.5. The highest BCUT2D eigenvalue weighted by molar-refractivity contribution is 4.84. The van der Waals surface area contributed by atoms with Crippen molar-refractivity contribution in [3.8, 4) is 0 Å². The second kappa shape index (κ2) is 7.17. The standard InChI is InChI=1S/C11H24N2O2/c1-15-9-11(4-2-6-12)13-7-3-5-10(13)8-14/h10-11,14H,2-9,12H2,1H3. The van der Waals surface area contributed by atoms with Crippen molar-refractivity contribution in [2.45, 2.75) is 37.8 Å². The summed E-state index contributed by atoms with van der Waals surface area (Å²) in [7, 11) is 1.74. The molecule has 15 heavy (non-hydrogen) atoms. The van der Waals surface area contributed by atoms with Crippen LogP contribution in [0.1, 0.15) is 25.7 Å². The van der Waals surface area contributed by atoms with Gasteiger partial charge in [-0.25, -0.2) is 0 Å². The summed E-state index contributed by atoms with van der Waals surface area (Å²) in [5.74, 6) is 0. The number of nitrogens with two attached hydrogens (primary N) is 1. The number of hydrogen-bond donors (Lipinski definition) is 2. The number of methoxy groups -OCH3 is 1. The molecule has 0 amide bonds. The van der Waals surface area contributed by atoms with Crippen molar-refractivity contribution in [2.75, 3.05) is 33.4 Å². The van der Waals surface area contributed by atoms with E-state index in [0.29, 0.717) is 12.1 Å². The molecule has 4 nitrogen and oxygen atoms in total. The molecule has 1 aliphatic heterocycles. The van der Waals surface area contributed by atoms with E-state index in [2.05, 4.69) is 4.90 Å². The first-order valence-corrected chi connectivity index (χ1v) is 5.89. The number of nitrogens with zero attached hydrogens (tertiary/aromatic N) is 1. The molecule has 0 saturated carbocycles. The average molecular weight is 216 g/mol. The topological polar surface area (TPSA) is 58.7 Å². The smallest absolute Gasteiger partial charge is 0.0618 e. The van der Waals surface area contributed by atoms with Crippen LogP contribution in [0.4, 0.5) is 0 Å².